The van der Waals surface area contributed by atoms with Crippen molar-refractivity contribution >= 4 is 0 Å². The van der Waals surface area contributed by atoms with Crippen molar-refractivity contribution in [3.63, 3.8) is 0 Å². The first-order valence-electron chi connectivity index (χ1n) is 8.80. The predicted molar refractivity (Wildman–Crippen MR) is 86.7 cm³/mol. The van der Waals surface area contributed by atoms with Gasteiger partial charge in [-0.25, -0.2) is 0 Å². The van der Waals surface area contributed by atoms with Gasteiger partial charge in [-0.3, -0.25) is 0 Å². The van der Waals surface area contributed by atoms with Gasteiger partial charge in [0.15, 0.2) is 0 Å². The minimum atomic E-state index is 0.941. The van der Waals surface area contributed by atoms with Gasteiger partial charge in [0, 0.05) is 13.7 Å². The quantitative estimate of drug-likeness (QED) is 0.315. The van der Waals surface area contributed by atoms with E-state index in [9.17, 15) is 0 Å². The summed E-state index contributed by atoms with van der Waals surface area (Å²) in [5.74, 6) is 0.956. The van der Waals surface area contributed by atoms with Crippen molar-refractivity contribution in [2.24, 2.45) is 5.92 Å². The molecule has 0 bridgehead atoms. The normalized spacial score (nSPS) is 12.8. The molecule has 0 aliphatic heterocycles. The molecular formula is C18H38O. The molecule has 0 amide bonds. The molecule has 1 atom stereocenters. The first-order chi connectivity index (χ1) is 9.31. The Balaban J connectivity index is 2.99. The third kappa shape index (κ3) is 15.9. The predicted octanol–water partition coefficient (Wildman–Crippen LogP) is 6.36. The molecule has 19 heavy (non-hydrogen) atoms. The second-order valence-electron chi connectivity index (χ2n) is 6.21. The lowest BCUT2D eigenvalue weighted by molar-refractivity contribution is 0.192. The van der Waals surface area contributed by atoms with Crippen LogP contribution in [0.1, 0.15) is 97.3 Å². The minimum Gasteiger partial charge on any atom is -0.385 e. The molecule has 0 aromatic rings. The highest BCUT2D eigenvalue weighted by molar-refractivity contribution is 4.53. The molecule has 1 nitrogen and oxygen atoms in total. The molecular weight excluding hydrogens is 232 g/mol. The van der Waals surface area contributed by atoms with Gasteiger partial charge >= 0.3 is 0 Å². The molecule has 0 saturated heterocycles. The van der Waals surface area contributed by atoms with Gasteiger partial charge in [-0.15, -0.1) is 0 Å². The molecule has 0 rings (SSSR count). The van der Waals surface area contributed by atoms with Crippen LogP contribution in [-0.4, -0.2) is 13.7 Å². The summed E-state index contributed by atoms with van der Waals surface area (Å²) in [6.45, 7) is 5.65. The molecule has 0 fully saturated rings. The van der Waals surface area contributed by atoms with E-state index in [2.05, 4.69) is 13.8 Å². The fourth-order valence-corrected chi connectivity index (χ4v) is 2.79. The van der Waals surface area contributed by atoms with Crippen molar-refractivity contribution in [3.8, 4) is 0 Å². The van der Waals surface area contributed by atoms with Crippen LogP contribution in [0.2, 0.25) is 0 Å². The Kier molecular flexibility index (Phi) is 16.0. The van der Waals surface area contributed by atoms with E-state index in [0.29, 0.717) is 0 Å². The Bertz CT molecular complexity index is 156. The second kappa shape index (κ2) is 16.0. The van der Waals surface area contributed by atoms with Gasteiger partial charge < -0.3 is 4.74 Å². The van der Waals surface area contributed by atoms with Crippen molar-refractivity contribution in [2.45, 2.75) is 97.3 Å². The topological polar surface area (TPSA) is 9.23 Å². The van der Waals surface area contributed by atoms with Crippen LogP contribution in [0.3, 0.4) is 0 Å². The molecule has 0 spiro atoms. The lowest BCUT2D eigenvalue weighted by Crippen LogP contribution is -1.93. The average Bonchev–Trinajstić information content (AvgIpc) is 2.40. The average molecular weight is 271 g/mol. The van der Waals surface area contributed by atoms with Crippen molar-refractivity contribution in [3.05, 3.63) is 0 Å². The highest BCUT2D eigenvalue weighted by Gasteiger charge is 1.99. The van der Waals surface area contributed by atoms with E-state index in [4.69, 9.17) is 4.74 Å². The number of ether oxygens (including phenoxy) is 1. The van der Waals surface area contributed by atoms with E-state index in [1.54, 1.807) is 7.11 Å². The molecule has 1 unspecified atom stereocenters. The molecule has 1 heteroatoms. The second-order valence-corrected chi connectivity index (χ2v) is 6.21. The Labute approximate surface area is 122 Å². The van der Waals surface area contributed by atoms with Gasteiger partial charge in [-0.2, -0.15) is 0 Å². The van der Waals surface area contributed by atoms with Crippen LogP contribution in [0.25, 0.3) is 0 Å². The highest BCUT2D eigenvalue weighted by Crippen LogP contribution is 2.16. The van der Waals surface area contributed by atoms with Gasteiger partial charge in [0.2, 0.25) is 0 Å². The third-order valence-corrected chi connectivity index (χ3v) is 4.08. The van der Waals surface area contributed by atoms with Crippen LogP contribution in [0.15, 0.2) is 0 Å². The maximum atomic E-state index is 5.06. The number of hydrogen-bond donors (Lipinski definition) is 0. The van der Waals surface area contributed by atoms with E-state index in [1.165, 1.54) is 83.5 Å². The maximum Gasteiger partial charge on any atom is 0.0462 e. The minimum absolute atomic E-state index is 0.941. The van der Waals surface area contributed by atoms with E-state index >= 15 is 0 Å². The Morgan fingerprint density at radius 3 is 1.63 bits per heavy atom. The summed E-state index contributed by atoms with van der Waals surface area (Å²) in [5, 5.41) is 0. The van der Waals surface area contributed by atoms with Gasteiger partial charge in [0.1, 0.15) is 0 Å². The lowest BCUT2D eigenvalue weighted by Gasteiger charge is -2.09. The van der Waals surface area contributed by atoms with Crippen LogP contribution in [0.5, 0.6) is 0 Å². The molecule has 0 radical (unpaired) electrons. The molecule has 0 heterocycles. The van der Waals surface area contributed by atoms with Crippen molar-refractivity contribution in [2.75, 3.05) is 13.7 Å². The molecule has 116 valence electrons. The molecule has 0 saturated carbocycles. The summed E-state index contributed by atoms with van der Waals surface area (Å²) < 4.78 is 5.06. The van der Waals surface area contributed by atoms with Crippen LogP contribution < -0.4 is 0 Å². The van der Waals surface area contributed by atoms with Gasteiger partial charge in [-0.05, 0) is 12.3 Å². The first kappa shape index (κ1) is 19.0. The summed E-state index contributed by atoms with van der Waals surface area (Å²) in [5.41, 5.74) is 0. The third-order valence-electron chi connectivity index (χ3n) is 4.08. The van der Waals surface area contributed by atoms with Crippen LogP contribution in [0, 0.1) is 5.92 Å². The molecule has 0 N–H and O–H groups in total. The van der Waals surface area contributed by atoms with E-state index < -0.39 is 0 Å². The summed E-state index contributed by atoms with van der Waals surface area (Å²) in [6.07, 6.45) is 18.4. The van der Waals surface area contributed by atoms with E-state index in [1.807, 2.05) is 0 Å². The zero-order chi connectivity index (χ0) is 14.2. The monoisotopic (exact) mass is 270 g/mol. The van der Waals surface area contributed by atoms with Crippen LogP contribution in [-0.2, 0) is 4.74 Å². The van der Waals surface area contributed by atoms with Gasteiger partial charge in [-0.1, -0.05) is 90.9 Å². The number of methoxy groups -OCH3 is 1. The standard InChI is InChI=1S/C18H38O/c1-4-15-18(2)16-13-11-9-7-5-6-8-10-12-14-17-19-3/h18H,4-17H2,1-3H3. The number of hydrogen-bond acceptors (Lipinski definition) is 1. The Morgan fingerprint density at radius 2 is 1.16 bits per heavy atom. The van der Waals surface area contributed by atoms with Crippen molar-refractivity contribution in [1.82, 2.24) is 0 Å². The van der Waals surface area contributed by atoms with E-state index in [0.717, 1.165) is 12.5 Å². The maximum absolute atomic E-state index is 5.06. The van der Waals surface area contributed by atoms with Gasteiger partial charge in [0.25, 0.3) is 0 Å². The van der Waals surface area contributed by atoms with Crippen LogP contribution >= 0.6 is 0 Å². The first-order valence-corrected chi connectivity index (χ1v) is 8.80. The number of rotatable bonds is 15. The van der Waals surface area contributed by atoms with Crippen molar-refractivity contribution in [1.29, 1.82) is 0 Å². The fourth-order valence-electron chi connectivity index (χ4n) is 2.79. The SMILES string of the molecule is CCCC(C)CCCCCCCCCCCCOC. The summed E-state index contributed by atoms with van der Waals surface area (Å²) in [4.78, 5) is 0. The van der Waals surface area contributed by atoms with Gasteiger partial charge in [0.05, 0.1) is 0 Å². The Hall–Kier alpha value is -0.0400. The summed E-state index contributed by atoms with van der Waals surface area (Å²) in [6, 6.07) is 0. The summed E-state index contributed by atoms with van der Waals surface area (Å²) in [7, 11) is 1.79. The van der Waals surface area contributed by atoms with Crippen molar-refractivity contribution < 1.29 is 4.74 Å². The molecule has 0 aromatic heterocycles. The lowest BCUT2D eigenvalue weighted by atomic mass is 9.98. The highest BCUT2D eigenvalue weighted by atomic mass is 16.5. The molecule has 0 aliphatic rings. The zero-order valence-corrected chi connectivity index (χ0v) is 13.9. The molecule has 0 aromatic carbocycles. The van der Waals surface area contributed by atoms with Crippen LogP contribution in [0.4, 0.5) is 0 Å². The summed E-state index contributed by atoms with van der Waals surface area (Å²) >= 11 is 0. The smallest absolute Gasteiger partial charge is 0.0462 e. The number of unbranched alkanes of at least 4 members (excludes halogenated alkanes) is 9. The molecule has 0 aliphatic carbocycles. The fraction of sp³-hybridized carbons (Fsp3) is 1.00. The Morgan fingerprint density at radius 1 is 0.684 bits per heavy atom. The van der Waals surface area contributed by atoms with E-state index in [-0.39, 0.29) is 0 Å². The zero-order valence-electron chi connectivity index (χ0n) is 13.9. The largest absolute Gasteiger partial charge is 0.385 e.